The lowest BCUT2D eigenvalue weighted by Gasteiger charge is -2.19. The molecule has 0 radical (unpaired) electrons. The summed E-state index contributed by atoms with van der Waals surface area (Å²) in [6.45, 7) is 1.39. The Kier molecular flexibility index (Phi) is 5.06. The molecule has 0 aliphatic heterocycles. The minimum Gasteiger partial charge on any atom is -0.356 e. The molecule has 0 unspecified atom stereocenters. The highest BCUT2D eigenvalue weighted by Gasteiger charge is 2.44. The van der Waals surface area contributed by atoms with Gasteiger partial charge >= 0.3 is 0 Å². The number of halogens is 1. The maximum absolute atomic E-state index is 13.6. The summed E-state index contributed by atoms with van der Waals surface area (Å²) in [5.74, 6) is 0.559. The van der Waals surface area contributed by atoms with Gasteiger partial charge in [-0.05, 0) is 48.2 Å². The summed E-state index contributed by atoms with van der Waals surface area (Å²) in [4.78, 5) is 8.26. The first-order chi connectivity index (χ1) is 13.7. The fourth-order valence-electron chi connectivity index (χ4n) is 3.30. The molecular formula is C21H23FN6. The molecule has 0 amide bonds. The molecule has 1 heterocycles. The fourth-order valence-corrected chi connectivity index (χ4v) is 3.30. The van der Waals surface area contributed by atoms with E-state index in [1.807, 2.05) is 30.3 Å². The van der Waals surface area contributed by atoms with E-state index in [4.69, 9.17) is 0 Å². The van der Waals surface area contributed by atoms with Crippen LogP contribution in [0.4, 0.5) is 4.39 Å². The third kappa shape index (κ3) is 4.03. The van der Waals surface area contributed by atoms with E-state index in [1.165, 1.54) is 12.4 Å². The molecule has 2 aromatic carbocycles. The molecule has 28 heavy (non-hydrogen) atoms. The zero-order valence-electron chi connectivity index (χ0n) is 15.8. The van der Waals surface area contributed by atoms with Gasteiger partial charge in [-0.15, -0.1) is 0 Å². The van der Waals surface area contributed by atoms with E-state index in [1.54, 1.807) is 30.2 Å². The molecule has 0 spiro atoms. The first kappa shape index (κ1) is 18.2. The molecule has 1 aromatic heterocycles. The maximum Gasteiger partial charge on any atom is 0.191 e. The number of aromatic nitrogens is 3. The van der Waals surface area contributed by atoms with Crippen LogP contribution in [0.25, 0.3) is 5.69 Å². The monoisotopic (exact) mass is 378 g/mol. The van der Waals surface area contributed by atoms with Gasteiger partial charge in [0.25, 0.3) is 0 Å². The Balaban J connectivity index is 1.32. The SMILES string of the molecule is CN=C(NCc1ccc(-n2cncn2)cc1)NCC1(c2cccc(F)c2)CC1. The van der Waals surface area contributed by atoms with Crippen LogP contribution < -0.4 is 10.6 Å². The van der Waals surface area contributed by atoms with E-state index in [0.717, 1.165) is 42.2 Å². The zero-order valence-corrected chi connectivity index (χ0v) is 15.8. The lowest BCUT2D eigenvalue weighted by molar-refractivity contribution is 0.607. The number of benzene rings is 2. The highest BCUT2D eigenvalue weighted by atomic mass is 19.1. The summed E-state index contributed by atoms with van der Waals surface area (Å²) in [5, 5.41) is 10.8. The van der Waals surface area contributed by atoms with Crippen molar-refractivity contribution in [3.63, 3.8) is 0 Å². The highest BCUT2D eigenvalue weighted by molar-refractivity contribution is 5.79. The molecule has 7 heteroatoms. The minimum absolute atomic E-state index is 0.0131. The molecule has 6 nitrogen and oxygen atoms in total. The van der Waals surface area contributed by atoms with Gasteiger partial charge in [0.15, 0.2) is 5.96 Å². The second-order valence-corrected chi connectivity index (χ2v) is 7.08. The smallest absolute Gasteiger partial charge is 0.191 e. The number of hydrogen-bond donors (Lipinski definition) is 2. The molecule has 0 atom stereocenters. The average molecular weight is 378 g/mol. The molecule has 1 aliphatic rings. The van der Waals surface area contributed by atoms with Gasteiger partial charge in [-0.2, -0.15) is 5.10 Å². The number of nitrogens with one attached hydrogen (secondary N) is 2. The molecule has 2 N–H and O–H groups in total. The maximum atomic E-state index is 13.6. The summed E-state index contributed by atoms with van der Waals surface area (Å²) in [6, 6.07) is 15.0. The molecule has 4 rings (SSSR count). The Bertz CT molecular complexity index is 945. The van der Waals surface area contributed by atoms with Gasteiger partial charge in [-0.1, -0.05) is 24.3 Å². The van der Waals surface area contributed by atoms with Crippen molar-refractivity contribution in [1.82, 2.24) is 25.4 Å². The lowest BCUT2D eigenvalue weighted by atomic mass is 9.96. The van der Waals surface area contributed by atoms with Gasteiger partial charge in [-0.25, -0.2) is 14.1 Å². The summed E-state index contributed by atoms with van der Waals surface area (Å²) >= 11 is 0. The minimum atomic E-state index is -0.180. The van der Waals surface area contributed by atoms with Gasteiger partial charge in [-0.3, -0.25) is 4.99 Å². The average Bonchev–Trinajstić information content (AvgIpc) is 3.32. The van der Waals surface area contributed by atoms with Gasteiger partial charge in [0.1, 0.15) is 18.5 Å². The number of guanidine groups is 1. The first-order valence-corrected chi connectivity index (χ1v) is 9.33. The van der Waals surface area contributed by atoms with E-state index >= 15 is 0 Å². The molecule has 0 bridgehead atoms. The summed E-state index contributed by atoms with van der Waals surface area (Å²) in [6.07, 6.45) is 5.31. The van der Waals surface area contributed by atoms with Crippen molar-refractivity contribution in [2.45, 2.75) is 24.8 Å². The summed E-state index contributed by atoms with van der Waals surface area (Å²) in [5.41, 5.74) is 3.17. The van der Waals surface area contributed by atoms with E-state index < -0.39 is 0 Å². The van der Waals surface area contributed by atoms with Crippen LogP contribution in [-0.4, -0.2) is 34.3 Å². The molecular weight excluding hydrogens is 355 g/mol. The van der Waals surface area contributed by atoms with Crippen LogP contribution in [-0.2, 0) is 12.0 Å². The quantitative estimate of drug-likeness (QED) is 0.511. The normalized spacial score (nSPS) is 15.3. The van der Waals surface area contributed by atoms with Gasteiger partial charge in [0.2, 0.25) is 0 Å². The summed E-state index contributed by atoms with van der Waals surface area (Å²) in [7, 11) is 1.75. The second-order valence-electron chi connectivity index (χ2n) is 7.08. The van der Waals surface area contributed by atoms with Gasteiger partial charge < -0.3 is 10.6 Å². The standard InChI is InChI=1S/C21H23FN6/c1-23-20(26-13-21(9-10-21)17-3-2-4-18(22)11-17)25-12-16-5-7-19(8-6-16)28-15-24-14-27-28/h2-8,11,14-15H,9-10,12-13H2,1H3,(H2,23,25,26). The van der Waals surface area contributed by atoms with Crippen molar-refractivity contribution in [3.8, 4) is 5.69 Å². The van der Waals surface area contributed by atoms with Crippen LogP contribution in [0.1, 0.15) is 24.0 Å². The molecule has 1 fully saturated rings. The van der Waals surface area contributed by atoms with Crippen molar-refractivity contribution < 1.29 is 4.39 Å². The molecule has 0 saturated heterocycles. The van der Waals surface area contributed by atoms with E-state index in [9.17, 15) is 4.39 Å². The van der Waals surface area contributed by atoms with Crippen LogP contribution in [0.5, 0.6) is 0 Å². The van der Waals surface area contributed by atoms with Crippen molar-refractivity contribution in [2.75, 3.05) is 13.6 Å². The van der Waals surface area contributed by atoms with E-state index in [0.29, 0.717) is 6.54 Å². The van der Waals surface area contributed by atoms with Crippen LogP contribution in [0, 0.1) is 5.82 Å². The molecule has 3 aromatic rings. The fraction of sp³-hybridized carbons (Fsp3) is 0.286. The second kappa shape index (κ2) is 7.80. The number of rotatable bonds is 6. The highest BCUT2D eigenvalue weighted by Crippen LogP contribution is 2.47. The van der Waals surface area contributed by atoms with Crippen molar-refractivity contribution in [2.24, 2.45) is 4.99 Å². The van der Waals surface area contributed by atoms with Crippen LogP contribution in [0.15, 0.2) is 66.2 Å². The Morgan fingerprint density at radius 3 is 2.64 bits per heavy atom. The third-order valence-electron chi connectivity index (χ3n) is 5.19. The Morgan fingerprint density at radius 2 is 2.00 bits per heavy atom. The van der Waals surface area contributed by atoms with Crippen molar-refractivity contribution in [1.29, 1.82) is 0 Å². The Morgan fingerprint density at radius 1 is 1.18 bits per heavy atom. The lowest BCUT2D eigenvalue weighted by Crippen LogP contribution is -2.40. The topological polar surface area (TPSA) is 67.1 Å². The largest absolute Gasteiger partial charge is 0.356 e. The predicted octanol–water partition coefficient (Wildman–Crippen LogP) is 2.80. The number of hydrogen-bond acceptors (Lipinski definition) is 3. The zero-order chi connectivity index (χ0) is 19.4. The Hall–Kier alpha value is -3.22. The molecule has 1 saturated carbocycles. The number of nitrogens with zero attached hydrogens (tertiary/aromatic N) is 4. The summed E-state index contributed by atoms with van der Waals surface area (Å²) < 4.78 is 15.3. The van der Waals surface area contributed by atoms with Crippen molar-refractivity contribution >= 4 is 5.96 Å². The van der Waals surface area contributed by atoms with Gasteiger partial charge in [0, 0.05) is 25.6 Å². The van der Waals surface area contributed by atoms with Gasteiger partial charge in [0.05, 0.1) is 5.69 Å². The van der Waals surface area contributed by atoms with Crippen LogP contribution in [0.3, 0.4) is 0 Å². The van der Waals surface area contributed by atoms with E-state index in [2.05, 4.69) is 25.7 Å². The Labute approximate surface area is 163 Å². The molecule has 144 valence electrons. The first-order valence-electron chi connectivity index (χ1n) is 9.33. The molecule has 1 aliphatic carbocycles. The third-order valence-corrected chi connectivity index (χ3v) is 5.19. The van der Waals surface area contributed by atoms with E-state index in [-0.39, 0.29) is 11.2 Å². The number of aliphatic imine (C=N–C) groups is 1. The van der Waals surface area contributed by atoms with Crippen LogP contribution in [0.2, 0.25) is 0 Å². The van der Waals surface area contributed by atoms with Crippen LogP contribution >= 0.6 is 0 Å². The predicted molar refractivity (Wildman–Crippen MR) is 107 cm³/mol. The van der Waals surface area contributed by atoms with Crippen molar-refractivity contribution in [3.05, 3.63) is 78.1 Å².